The van der Waals surface area contributed by atoms with E-state index in [2.05, 4.69) is 10.1 Å². The molecule has 2 heterocycles. The molecule has 0 amide bonds. The Labute approximate surface area is 111 Å². The fourth-order valence-electron chi connectivity index (χ4n) is 3.03. The van der Waals surface area contributed by atoms with Gasteiger partial charge in [0.25, 0.3) is 5.56 Å². The number of fused-ring (bicyclic) bond motifs is 1. The smallest absolute Gasteiger partial charge is 0.276 e. The summed E-state index contributed by atoms with van der Waals surface area (Å²) in [6, 6.07) is 1.99. The monoisotopic (exact) mass is 261 g/mol. The molecule has 19 heavy (non-hydrogen) atoms. The molecule has 0 radical (unpaired) electrons. The quantitative estimate of drug-likeness (QED) is 0.880. The Morgan fingerprint density at radius 2 is 2.21 bits per heavy atom. The summed E-state index contributed by atoms with van der Waals surface area (Å²) in [4.78, 5) is 16.8. The Morgan fingerprint density at radius 3 is 2.89 bits per heavy atom. The van der Waals surface area contributed by atoms with Crippen molar-refractivity contribution >= 4 is 5.65 Å². The van der Waals surface area contributed by atoms with E-state index in [-0.39, 0.29) is 12.2 Å². The van der Waals surface area contributed by atoms with Crippen LogP contribution in [0.4, 0.5) is 0 Å². The second-order valence-electron chi connectivity index (χ2n) is 5.34. The van der Waals surface area contributed by atoms with Gasteiger partial charge in [0.05, 0.1) is 0 Å². The number of nitrogens with zero attached hydrogens (tertiary/aromatic N) is 2. The minimum Gasteiger partial charge on any atom is -0.396 e. The van der Waals surface area contributed by atoms with Crippen LogP contribution in [0.3, 0.4) is 0 Å². The van der Waals surface area contributed by atoms with Crippen molar-refractivity contribution in [1.82, 2.24) is 14.6 Å². The van der Waals surface area contributed by atoms with Crippen LogP contribution in [0.25, 0.3) is 5.65 Å². The largest absolute Gasteiger partial charge is 0.396 e. The third kappa shape index (κ3) is 2.08. The summed E-state index contributed by atoms with van der Waals surface area (Å²) in [7, 11) is 0. The lowest BCUT2D eigenvalue weighted by Gasteiger charge is -2.04. The number of rotatable bonds is 3. The average Bonchev–Trinajstić information content (AvgIpc) is 3.02. The highest BCUT2D eigenvalue weighted by Crippen LogP contribution is 2.33. The van der Waals surface area contributed by atoms with E-state index < -0.39 is 0 Å². The Balaban J connectivity index is 2.12. The van der Waals surface area contributed by atoms with Crippen molar-refractivity contribution in [2.24, 2.45) is 0 Å². The van der Waals surface area contributed by atoms with Crippen LogP contribution in [-0.4, -0.2) is 26.3 Å². The molecule has 2 aromatic heterocycles. The highest BCUT2D eigenvalue weighted by atomic mass is 16.3. The maximum absolute atomic E-state index is 12.3. The molecular formula is C14H19N3O2. The van der Waals surface area contributed by atoms with Gasteiger partial charge >= 0.3 is 0 Å². The van der Waals surface area contributed by atoms with Crippen molar-refractivity contribution < 1.29 is 5.11 Å². The maximum atomic E-state index is 12.3. The molecule has 2 N–H and O–H groups in total. The zero-order chi connectivity index (χ0) is 13.4. The predicted molar refractivity (Wildman–Crippen MR) is 72.5 cm³/mol. The van der Waals surface area contributed by atoms with Crippen LogP contribution in [0.5, 0.6) is 0 Å². The summed E-state index contributed by atoms with van der Waals surface area (Å²) in [5.74, 6) is 0.530. The molecule has 1 aliphatic rings. The lowest BCUT2D eigenvalue weighted by molar-refractivity contribution is 0.298. The predicted octanol–water partition coefficient (Wildman–Crippen LogP) is 1.52. The van der Waals surface area contributed by atoms with Gasteiger partial charge in [-0.05, 0) is 19.8 Å². The lowest BCUT2D eigenvalue weighted by Crippen LogP contribution is -2.22. The van der Waals surface area contributed by atoms with Gasteiger partial charge in [0.15, 0.2) is 5.65 Å². The summed E-state index contributed by atoms with van der Waals surface area (Å²) in [6.07, 6.45) is 5.25. The number of aliphatic hydroxyl groups is 1. The molecule has 1 aliphatic carbocycles. The van der Waals surface area contributed by atoms with Gasteiger partial charge < -0.3 is 5.11 Å². The number of aromatic amines is 1. The number of hydrogen-bond donors (Lipinski definition) is 2. The second-order valence-corrected chi connectivity index (χ2v) is 5.34. The SMILES string of the molecule is Cc1nc2cc(C3CCCC3)[nH]n2c(=O)c1CCO. The van der Waals surface area contributed by atoms with E-state index in [1.165, 1.54) is 30.2 Å². The fourth-order valence-corrected chi connectivity index (χ4v) is 3.03. The number of H-pyrrole nitrogens is 1. The van der Waals surface area contributed by atoms with Crippen LogP contribution in [0.2, 0.25) is 0 Å². The van der Waals surface area contributed by atoms with Crippen LogP contribution in [0, 0.1) is 6.92 Å². The van der Waals surface area contributed by atoms with Gasteiger partial charge in [0, 0.05) is 42.0 Å². The molecule has 0 saturated heterocycles. The number of nitrogens with one attached hydrogen (secondary N) is 1. The fraction of sp³-hybridized carbons (Fsp3) is 0.571. The third-order valence-corrected chi connectivity index (χ3v) is 4.09. The summed E-state index contributed by atoms with van der Waals surface area (Å²) >= 11 is 0. The van der Waals surface area contributed by atoms with E-state index in [9.17, 15) is 4.79 Å². The first-order valence-electron chi connectivity index (χ1n) is 6.92. The molecule has 0 unspecified atom stereocenters. The van der Waals surface area contributed by atoms with Crippen LogP contribution in [0.15, 0.2) is 10.9 Å². The molecule has 3 rings (SSSR count). The standard InChI is InChI=1S/C14H19N3O2/c1-9-11(6-7-18)14(19)17-13(15-9)8-12(16-17)10-4-2-3-5-10/h8,10,16,18H,2-7H2,1H3. The zero-order valence-electron chi connectivity index (χ0n) is 11.1. The summed E-state index contributed by atoms with van der Waals surface area (Å²) in [6.45, 7) is 1.80. The second kappa shape index (κ2) is 4.81. The van der Waals surface area contributed by atoms with Crippen LogP contribution in [0.1, 0.15) is 48.6 Å². The van der Waals surface area contributed by atoms with Crippen molar-refractivity contribution in [2.45, 2.75) is 44.9 Å². The highest BCUT2D eigenvalue weighted by Gasteiger charge is 2.20. The Bertz CT molecular complexity index is 650. The van der Waals surface area contributed by atoms with Gasteiger partial charge in [-0.25, -0.2) is 9.50 Å². The van der Waals surface area contributed by atoms with E-state index in [4.69, 9.17) is 5.11 Å². The Morgan fingerprint density at radius 1 is 1.47 bits per heavy atom. The minimum absolute atomic E-state index is 0.0278. The van der Waals surface area contributed by atoms with Crippen LogP contribution < -0.4 is 5.56 Å². The first kappa shape index (κ1) is 12.4. The van der Waals surface area contributed by atoms with E-state index in [0.29, 0.717) is 23.5 Å². The van der Waals surface area contributed by atoms with E-state index >= 15 is 0 Å². The minimum atomic E-state index is -0.0826. The molecule has 0 bridgehead atoms. The van der Waals surface area contributed by atoms with Crippen molar-refractivity contribution in [1.29, 1.82) is 0 Å². The first-order valence-corrected chi connectivity index (χ1v) is 6.92. The van der Waals surface area contributed by atoms with Gasteiger partial charge in [0.2, 0.25) is 0 Å². The zero-order valence-corrected chi connectivity index (χ0v) is 11.1. The van der Waals surface area contributed by atoms with Gasteiger partial charge in [-0.1, -0.05) is 12.8 Å². The van der Waals surface area contributed by atoms with Crippen molar-refractivity contribution in [3.8, 4) is 0 Å². The first-order chi connectivity index (χ1) is 9.20. The molecule has 5 heteroatoms. The summed E-state index contributed by atoms with van der Waals surface area (Å²) in [5.41, 5.74) is 3.03. The number of hydrogen-bond acceptors (Lipinski definition) is 3. The normalized spacial score (nSPS) is 16.5. The summed E-state index contributed by atoms with van der Waals surface area (Å²) < 4.78 is 1.52. The molecule has 0 atom stereocenters. The molecule has 2 aromatic rings. The molecule has 0 aliphatic heterocycles. The van der Waals surface area contributed by atoms with E-state index in [1.54, 1.807) is 0 Å². The van der Waals surface area contributed by atoms with Gasteiger partial charge in [0.1, 0.15) is 0 Å². The molecule has 5 nitrogen and oxygen atoms in total. The van der Waals surface area contributed by atoms with E-state index in [0.717, 1.165) is 11.4 Å². The lowest BCUT2D eigenvalue weighted by atomic mass is 10.1. The Hall–Kier alpha value is -1.62. The molecule has 0 spiro atoms. The van der Waals surface area contributed by atoms with Crippen molar-refractivity contribution in [3.63, 3.8) is 0 Å². The van der Waals surface area contributed by atoms with Crippen LogP contribution in [-0.2, 0) is 6.42 Å². The maximum Gasteiger partial charge on any atom is 0.276 e. The molecule has 1 fully saturated rings. The van der Waals surface area contributed by atoms with E-state index in [1.807, 2.05) is 13.0 Å². The van der Waals surface area contributed by atoms with Gasteiger partial charge in [-0.15, -0.1) is 0 Å². The third-order valence-electron chi connectivity index (χ3n) is 4.09. The number of aromatic nitrogens is 3. The molecule has 0 aromatic carbocycles. The van der Waals surface area contributed by atoms with Crippen molar-refractivity contribution in [3.05, 3.63) is 33.4 Å². The molecule has 1 saturated carbocycles. The number of aryl methyl sites for hydroxylation is 1. The van der Waals surface area contributed by atoms with Crippen molar-refractivity contribution in [2.75, 3.05) is 6.61 Å². The topological polar surface area (TPSA) is 70.4 Å². The van der Waals surface area contributed by atoms with Crippen LogP contribution >= 0.6 is 0 Å². The highest BCUT2D eigenvalue weighted by molar-refractivity contribution is 5.42. The van der Waals surface area contributed by atoms with Gasteiger partial charge in [-0.2, -0.15) is 0 Å². The number of aliphatic hydroxyl groups excluding tert-OH is 1. The molecular weight excluding hydrogens is 242 g/mol. The summed E-state index contributed by atoms with van der Waals surface area (Å²) in [5, 5.41) is 12.2. The Kier molecular flexibility index (Phi) is 3.14. The van der Waals surface area contributed by atoms with Gasteiger partial charge in [-0.3, -0.25) is 9.89 Å². The average molecular weight is 261 g/mol. The molecule has 102 valence electrons.